The van der Waals surface area contributed by atoms with Gasteiger partial charge in [0, 0.05) is 11.8 Å². The topological polar surface area (TPSA) is 0 Å². The molecular weight excluding hydrogens is 504 g/mol. The molecule has 0 heteroatoms. The van der Waals surface area contributed by atoms with Crippen molar-refractivity contribution in [1.29, 1.82) is 0 Å². The van der Waals surface area contributed by atoms with E-state index in [0.29, 0.717) is 0 Å². The van der Waals surface area contributed by atoms with Crippen LogP contribution in [-0.4, -0.2) is 0 Å². The lowest BCUT2D eigenvalue weighted by molar-refractivity contribution is 0.923. The summed E-state index contributed by atoms with van der Waals surface area (Å²) in [5.41, 5.74) is 16.8. The van der Waals surface area contributed by atoms with Gasteiger partial charge in [-0.1, -0.05) is 146 Å². The molecule has 4 aliphatic rings. The van der Waals surface area contributed by atoms with E-state index in [4.69, 9.17) is 0 Å². The third-order valence-electron chi connectivity index (χ3n) is 9.93. The van der Waals surface area contributed by atoms with Crippen LogP contribution in [0.25, 0.3) is 54.9 Å². The third kappa shape index (κ3) is 2.77. The fourth-order valence-electron chi connectivity index (χ4n) is 8.39. The summed E-state index contributed by atoms with van der Waals surface area (Å²) < 4.78 is 0. The standard InChI is InChI=1S/C42H26/c1-3-11-26(12-4-1)37-30-17-7-8-18-31(30)38(27-13-5-2-6-14-27)42-35-24-22-33-29-20-10-16-25-15-9-19-28(36(25)29)32-21-23-34(41(37)42)40(35)39(32)33/h1-24,32,35H. The molecule has 0 fully saturated rings. The molecule has 0 saturated carbocycles. The highest BCUT2D eigenvalue weighted by atomic mass is 14.5. The van der Waals surface area contributed by atoms with E-state index in [-0.39, 0.29) is 11.8 Å². The van der Waals surface area contributed by atoms with E-state index in [0.717, 1.165) is 0 Å². The van der Waals surface area contributed by atoms with E-state index in [9.17, 15) is 0 Å². The number of fused-ring (bicyclic) bond motifs is 6. The minimum Gasteiger partial charge on any atom is -0.0720 e. The Kier molecular flexibility index (Phi) is 4.38. The van der Waals surface area contributed by atoms with Crippen LogP contribution >= 0.6 is 0 Å². The summed E-state index contributed by atoms with van der Waals surface area (Å²) in [4.78, 5) is 0. The Bertz CT molecular complexity index is 2270. The molecule has 0 heterocycles. The van der Waals surface area contributed by atoms with Crippen molar-refractivity contribution in [3.8, 4) is 22.3 Å². The van der Waals surface area contributed by atoms with Gasteiger partial charge in [0.05, 0.1) is 0 Å². The molecule has 42 heavy (non-hydrogen) atoms. The van der Waals surface area contributed by atoms with E-state index < -0.39 is 0 Å². The molecule has 0 radical (unpaired) electrons. The van der Waals surface area contributed by atoms with Crippen molar-refractivity contribution >= 4 is 32.7 Å². The van der Waals surface area contributed by atoms with Crippen molar-refractivity contribution in [2.45, 2.75) is 11.8 Å². The molecule has 194 valence electrons. The molecule has 0 N–H and O–H groups in total. The summed E-state index contributed by atoms with van der Waals surface area (Å²) in [6, 6.07) is 44.8. The van der Waals surface area contributed by atoms with Gasteiger partial charge in [-0.15, -0.1) is 0 Å². The van der Waals surface area contributed by atoms with Crippen LogP contribution in [0.5, 0.6) is 0 Å². The first-order chi connectivity index (χ1) is 20.9. The predicted molar refractivity (Wildman–Crippen MR) is 176 cm³/mol. The molecule has 0 saturated heterocycles. The lowest BCUT2D eigenvalue weighted by Crippen LogP contribution is -2.17. The van der Waals surface area contributed by atoms with Crippen LogP contribution in [-0.2, 0) is 0 Å². The van der Waals surface area contributed by atoms with E-state index in [1.807, 2.05) is 0 Å². The van der Waals surface area contributed by atoms with Crippen LogP contribution in [0.1, 0.15) is 34.1 Å². The van der Waals surface area contributed by atoms with Gasteiger partial charge in [-0.05, 0) is 88.3 Å². The molecule has 10 rings (SSSR count). The van der Waals surface area contributed by atoms with Crippen LogP contribution in [0.3, 0.4) is 0 Å². The molecule has 0 spiro atoms. The summed E-state index contributed by atoms with van der Waals surface area (Å²) in [5, 5.41) is 5.39. The van der Waals surface area contributed by atoms with Crippen LogP contribution in [0, 0.1) is 0 Å². The van der Waals surface area contributed by atoms with Gasteiger partial charge >= 0.3 is 0 Å². The average molecular weight is 531 g/mol. The Labute approximate surface area is 245 Å². The summed E-state index contributed by atoms with van der Waals surface area (Å²) in [7, 11) is 0. The molecule has 0 bridgehead atoms. The quantitative estimate of drug-likeness (QED) is 0.209. The molecule has 0 aromatic heterocycles. The summed E-state index contributed by atoms with van der Waals surface area (Å²) in [5.74, 6) is 0.488. The van der Waals surface area contributed by atoms with Crippen molar-refractivity contribution < 1.29 is 0 Å². The number of hydrogen-bond donors (Lipinski definition) is 0. The minimum absolute atomic E-state index is 0.216. The lowest BCUT2D eigenvalue weighted by Gasteiger charge is -2.36. The number of allylic oxidation sites excluding steroid dienone is 8. The second-order valence-corrected chi connectivity index (χ2v) is 11.9. The van der Waals surface area contributed by atoms with Crippen molar-refractivity contribution in [1.82, 2.24) is 0 Å². The molecule has 6 aromatic carbocycles. The Morgan fingerprint density at radius 2 is 1.02 bits per heavy atom. The Morgan fingerprint density at radius 1 is 0.429 bits per heavy atom. The maximum Gasteiger partial charge on any atom is 0.0295 e. The van der Waals surface area contributed by atoms with Gasteiger partial charge in [0.2, 0.25) is 0 Å². The first-order valence-electron chi connectivity index (χ1n) is 15.0. The first-order valence-corrected chi connectivity index (χ1v) is 15.0. The molecular formula is C42H26. The van der Waals surface area contributed by atoms with Crippen LogP contribution < -0.4 is 0 Å². The first kappa shape index (κ1) is 22.5. The van der Waals surface area contributed by atoms with Gasteiger partial charge in [0.25, 0.3) is 0 Å². The van der Waals surface area contributed by atoms with Crippen molar-refractivity contribution in [3.63, 3.8) is 0 Å². The predicted octanol–water partition coefficient (Wildman–Crippen LogP) is 10.9. The van der Waals surface area contributed by atoms with Gasteiger partial charge in [0.1, 0.15) is 0 Å². The van der Waals surface area contributed by atoms with Gasteiger partial charge in [-0.25, -0.2) is 0 Å². The molecule has 6 aromatic rings. The Morgan fingerprint density at radius 3 is 1.79 bits per heavy atom. The zero-order valence-electron chi connectivity index (χ0n) is 23.0. The summed E-state index contributed by atoms with van der Waals surface area (Å²) in [6.07, 6.45) is 9.89. The highest BCUT2D eigenvalue weighted by Crippen LogP contribution is 2.63. The number of benzene rings is 6. The fraction of sp³-hybridized carbons (Fsp3) is 0.0476. The maximum atomic E-state index is 2.50. The number of rotatable bonds is 2. The monoisotopic (exact) mass is 530 g/mol. The van der Waals surface area contributed by atoms with Crippen LogP contribution in [0.15, 0.2) is 157 Å². The van der Waals surface area contributed by atoms with E-state index in [2.05, 4.69) is 146 Å². The fourth-order valence-corrected chi connectivity index (χ4v) is 8.39. The van der Waals surface area contributed by atoms with Crippen molar-refractivity contribution in [3.05, 3.63) is 179 Å². The maximum absolute atomic E-state index is 2.50. The smallest absolute Gasteiger partial charge is 0.0295 e. The van der Waals surface area contributed by atoms with E-state index in [1.54, 1.807) is 0 Å². The van der Waals surface area contributed by atoms with Crippen LogP contribution in [0.4, 0.5) is 0 Å². The largest absolute Gasteiger partial charge is 0.0720 e. The molecule has 4 aliphatic carbocycles. The second kappa shape index (κ2) is 8.18. The third-order valence-corrected chi connectivity index (χ3v) is 9.93. The zero-order valence-corrected chi connectivity index (χ0v) is 23.0. The molecule has 0 amide bonds. The Hall–Kier alpha value is -5.20. The van der Waals surface area contributed by atoms with Crippen LogP contribution in [0.2, 0.25) is 0 Å². The van der Waals surface area contributed by atoms with E-state index >= 15 is 0 Å². The average Bonchev–Trinajstić information content (AvgIpc) is 3.39. The SMILES string of the molecule is C1=CC2C3=C(C=CC4C3=C1c1c4c(-c3ccccc3)c3ccccc3c1-c1ccccc1)c1cccc3cccc2c13. The van der Waals surface area contributed by atoms with E-state index in [1.165, 1.54) is 88.3 Å². The van der Waals surface area contributed by atoms with Gasteiger partial charge in [-0.2, -0.15) is 0 Å². The van der Waals surface area contributed by atoms with Gasteiger partial charge in [-0.3, -0.25) is 0 Å². The highest BCUT2D eigenvalue weighted by Gasteiger charge is 2.43. The second-order valence-electron chi connectivity index (χ2n) is 11.9. The summed E-state index contributed by atoms with van der Waals surface area (Å²) >= 11 is 0. The molecule has 2 unspecified atom stereocenters. The highest BCUT2D eigenvalue weighted by molar-refractivity contribution is 6.16. The zero-order chi connectivity index (χ0) is 27.4. The molecule has 0 aliphatic heterocycles. The summed E-state index contributed by atoms with van der Waals surface area (Å²) in [6.45, 7) is 0. The molecule has 2 atom stereocenters. The van der Waals surface area contributed by atoms with Gasteiger partial charge in [0.15, 0.2) is 0 Å². The lowest BCUT2D eigenvalue weighted by atomic mass is 9.67. The van der Waals surface area contributed by atoms with Gasteiger partial charge < -0.3 is 0 Å². The Balaban J connectivity index is 1.36. The van der Waals surface area contributed by atoms with Crippen molar-refractivity contribution in [2.75, 3.05) is 0 Å². The minimum atomic E-state index is 0.216. The van der Waals surface area contributed by atoms with Crippen molar-refractivity contribution in [2.24, 2.45) is 0 Å². The number of hydrogen-bond acceptors (Lipinski definition) is 0. The molecule has 0 nitrogen and oxygen atoms in total. The normalized spacial score (nSPS) is 19.0.